The summed E-state index contributed by atoms with van der Waals surface area (Å²) in [7, 11) is 0. The minimum absolute atomic E-state index is 0.116. The van der Waals surface area contributed by atoms with Gasteiger partial charge in [0, 0.05) is 18.5 Å². The molecule has 3 aliphatic heterocycles. The lowest BCUT2D eigenvalue weighted by Gasteiger charge is -2.45. The number of amides is 1. The number of carbonyl (C=O) groups excluding carboxylic acids is 1. The molecule has 3 heterocycles. The molecule has 3 fully saturated rings. The van der Waals surface area contributed by atoms with E-state index in [0.717, 1.165) is 12.5 Å². The second-order valence-electron chi connectivity index (χ2n) is 4.91. The first-order valence-corrected chi connectivity index (χ1v) is 5.69. The van der Waals surface area contributed by atoms with Crippen molar-refractivity contribution in [3.8, 4) is 0 Å². The van der Waals surface area contributed by atoms with E-state index in [2.05, 4.69) is 10.2 Å². The first-order valence-electron chi connectivity index (χ1n) is 5.69. The Morgan fingerprint density at radius 2 is 2.00 bits per heavy atom. The van der Waals surface area contributed by atoms with Crippen LogP contribution in [0.4, 0.5) is 0 Å². The van der Waals surface area contributed by atoms with Crippen molar-refractivity contribution < 1.29 is 4.79 Å². The van der Waals surface area contributed by atoms with Gasteiger partial charge in [-0.3, -0.25) is 4.79 Å². The number of nitrogens with zero attached hydrogens (tertiary/aromatic N) is 1. The number of rotatable bonds is 2. The largest absolute Gasteiger partial charge is 0.352 e. The molecule has 0 aromatic rings. The van der Waals surface area contributed by atoms with Gasteiger partial charge < -0.3 is 10.2 Å². The molecule has 0 aromatic heterocycles. The molecule has 1 amide bonds. The van der Waals surface area contributed by atoms with Crippen LogP contribution >= 0.6 is 0 Å². The highest BCUT2D eigenvalue weighted by Crippen LogP contribution is 2.27. The SMILES string of the molecule is CC(C)C(=O)NC1CN2CCC1CC2. The predicted molar refractivity (Wildman–Crippen MR) is 55.9 cm³/mol. The summed E-state index contributed by atoms with van der Waals surface area (Å²) in [5.74, 6) is 1.07. The highest BCUT2D eigenvalue weighted by atomic mass is 16.1. The number of hydrogen-bond acceptors (Lipinski definition) is 2. The van der Waals surface area contributed by atoms with E-state index in [4.69, 9.17) is 0 Å². The molecule has 0 saturated carbocycles. The molecule has 0 aliphatic carbocycles. The number of carbonyl (C=O) groups is 1. The third kappa shape index (κ3) is 1.92. The molecular weight excluding hydrogens is 176 g/mol. The summed E-state index contributed by atoms with van der Waals surface area (Å²) in [6.45, 7) is 7.45. The van der Waals surface area contributed by atoms with Crippen molar-refractivity contribution in [3.63, 3.8) is 0 Å². The van der Waals surface area contributed by atoms with Gasteiger partial charge in [-0.2, -0.15) is 0 Å². The minimum Gasteiger partial charge on any atom is -0.352 e. The first kappa shape index (κ1) is 9.97. The second kappa shape index (κ2) is 3.89. The monoisotopic (exact) mass is 196 g/mol. The van der Waals surface area contributed by atoms with Crippen molar-refractivity contribution in [1.29, 1.82) is 0 Å². The smallest absolute Gasteiger partial charge is 0.222 e. The maximum absolute atomic E-state index is 11.6. The zero-order valence-corrected chi connectivity index (χ0v) is 9.12. The topological polar surface area (TPSA) is 32.3 Å². The molecule has 14 heavy (non-hydrogen) atoms. The number of fused-ring (bicyclic) bond motifs is 3. The summed E-state index contributed by atoms with van der Waals surface area (Å²) in [6.07, 6.45) is 2.53. The van der Waals surface area contributed by atoms with Crippen molar-refractivity contribution in [3.05, 3.63) is 0 Å². The summed E-state index contributed by atoms with van der Waals surface area (Å²) in [4.78, 5) is 14.0. The van der Waals surface area contributed by atoms with Gasteiger partial charge in [-0.1, -0.05) is 13.8 Å². The standard InChI is InChI=1S/C11H20N2O/c1-8(2)11(14)12-10-7-13-5-3-9(10)4-6-13/h8-10H,3-7H2,1-2H3,(H,12,14). The van der Waals surface area contributed by atoms with Crippen LogP contribution in [0.5, 0.6) is 0 Å². The molecule has 3 aliphatic rings. The van der Waals surface area contributed by atoms with Gasteiger partial charge in [-0.25, -0.2) is 0 Å². The lowest BCUT2D eigenvalue weighted by atomic mass is 9.84. The Morgan fingerprint density at radius 1 is 1.36 bits per heavy atom. The highest BCUT2D eigenvalue weighted by Gasteiger charge is 2.34. The average Bonchev–Trinajstić information content (AvgIpc) is 2.19. The van der Waals surface area contributed by atoms with E-state index < -0.39 is 0 Å². The molecular formula is C11H20N2O. The quantitative estimate of drug-likeness (QED) is 0.710. The summed E-state index contributed by atoms with van der Waals surface area (Å²) in [5, 5.41) is 3.17. The van der Waals surface area contributed by atoms with Gasteiger partial charge in [-0.15, -0.1) is 0 Å². The van der Waals surface area contributed by atoms with Gasteiger partial charge in [0.15, 0.2) is 0 Å². The van der Waals surface area contributed by atoms with Crippen LogP contribution in [0.3, 0.4) is 0 Å². The van der Waals surface area contributed by atoms with Crippen LogP contribution < -0.4 is 5.32 Å². The number of piperidine rings is 3. The van der Waals surface area contributed by atoms with Crippen molar-refractivity contribution >= 4 is 5.91 Å². The maximum atomic E-state index is 11.6. The Morgan fingerprint density at radius 3 is 2.43 bits per heavy atom. The average molecular weight is 196 g/mol. The van der Waals surface area contributed by atoms with Gasteiger partial charge in [0.1, 0.15) is 0 Å². The first-order chi connectivity index (χ1) is 6.66. The molecule has 3 nitrogen and oxygen atoms in total. The van der Waals surface area contributed by atoms with Gasteiger partial charge in [0.05, 0.1) is 0 Å². The maximum Gasteiger partial charge on any atom is 0.222 e. The van der Waals surface area contributed by atoms with E-state index in [0.29, 0.717) is 6.04 Å². The molecule has 80 valence electrons. The Hall–Kier alpha value is -0.570. The van der Waals surface area contributed by atoms with Gasteiger partial charge in [0.25, 0.3) is 0 Å². The van der Waals surface area contributed by atoms with Gasteiger partial charge >= 0.3 is 0 Å². The third-order valence-electron chi connectivity index (χ3n) is 3.51. The van der Waals surface area contributed by atoms with E-state index in [1.807, 2.05) is 13.8 Å². The van der Waals surface area contributed by atoms with Crippen LogP contribution in [0.1, 0.15) is 26.7 Å². The molecule has 0 spiro atoms. The normalized spacial score (nSPS) is 36.1. The molecule has 0 aromatic carbocycles. The highest BCUT2D eigenvalue weighted by molar-refractivity contribution is 5.78. The zero-order chi connectivity index (χ0) is 10.1. The lowest BCUT2D eigenvalue weighted by molar-refractivity contribution is -0.126. The molecule has 1 N–H and O–H groups in total. The molecule has 2 bridgehead atoms. The minimum atomic E-state index is 0.116. The van der Waals surface area contributed by atoms with Gasteiger partial charge in [0.2, 0.25) is 5.91 Å². The van der Waals surface area contributed by atoms with Crippen LogP contribution in [0.15, 0.2) is 0 Å². The molecule has 3 saturated heterocycles. The Kier molecular flexibility index (Phi) is 2.77. The fourth-order valence-corrected chi connectivity index (χ4v) is 2.48. The van der Waals surface area contributed by atoms with Crippen LogP contribution in [-0.2, 0) is 4.79 Å². The van der Waals surface area contributed by atoms with Crippen LogP contribution in [0.25, 0.3) is 0 Å². The Balaban J connectivity index is 1.90. The van der Waals surface area contributed by atoms with Crippen molar-refractivity contribution in [2.24, 2.45) is 11.8 Å². The summed E-state index contributed by atoms with van der Waals surface area (Å²) in [6, 6.07) is 0.424. The number of hydrogen-bond donors (Lipinski definition) is 1. The fraction of sp³-hybridized carbons (Fsp3) is 0.909. The number of nitrogens with one attached hydrogen (secondary N) is 1. The van der Waals surface area contributed by atoms with E-state index in [1.165, 1.54) is 25.9 Å². The van der Waals surface area contributed by atoms with E-state index in [-0.39, 0.29) is 11.8 Å². The van der Waals surface area contributed by atoms with E-state index in [1.54, 1.807) is 0 Å². The third-order valence-corrected chi connectivity index (χ3v) is 3.51. The Bertz CT molecular complexity index is 219. The molecule has 3 rings (SSSR count). The summed E-state index contributed by atoms with van der Waals surface area (Å²) >= 11 is 0. The van der Waals surface area contributed by atoms with E-state index in [9.17, 15) is 4.79 Å². The van der Waals surface area contributed by atoms with Crippen LogP contribution in [0.2, 0.25) is 0 Å². The fourth-order valence-electron chi connectivity index (χ4n) is 2.48. The van der Waals surface area contributed by atoms with Crippen LogP contribution in [-0.4, -0.2) is 36.5 Å². The Labute approximate surface area is 85.8 Å². The van der Waals surface area contributed by atoms with Crippen molar-refractivity contribution in [1.82, 2.24) is 10.2 Å². The second-order valence-corrected chi connectivity index (χ2v) is 4.91. The lowest BCUT2D eigenvalue weighted by Crippen LogP contribution is -2.57. The molecule has 0 radical (unpaired) electrons. The summed E-state index contributed by atoms with van der Waals surface area (Å²) in [5.41, 5.74) is 0. The van der Waals surface area contributed by atoms with Crippen LogP contribution in [0, 0.1) is 11.8 Å². The van der Waals surface area contributed by atoms with Gasteiger partial charge in [-0.05, 0) is 31.8 Å². The summed E-state index contributed by atoms with van der Waals surface area (Å²) < 4.78 is 0. The molecule has 1 unspecified atom stereocenters. The molecule has 1 atom stereocenters. The zero-order valence-electron chi connectivity index (χ0n) is 9.12. The van der Waals surface area contributed by atoms with E-state index >= 15 is 0 Å². The van der Waals surface area contributed by atoms with Crippen molar-refractivity contribution in [2.75, 3.05) is 19.6 Å². The predicted octanol–water partition coefficient (Wildman–Crippen LogP) is 0.853. The molecule has 3 heteroatoms. The van der Waals surface area contributed by atoms with Crippen molar-refractivity contribution in [2.45, 2.75) is 32.7 Å².